The van der Waals surface area contributed by atoms with Gasteiger partial charge < -0.3 is 9.88 Å². The summed E-state index contributed by atoms with van der Waals surface area (Å²) in [6.07, 6.45) is 6.31. The Morgan fingerprint density at radius 2 is 1.74 bits per heavy atom. The summed E-state index contributed by atoms with van der Waals surface area (Å²) in [6, 6.07) is 23.6. The Kier molecular flexibility index (Phi) is 5.70. The molecule has 0 bridgehead atoms. The molecule has 3 aromatic carbocycles. The van der Waals surface area contributed by atoms with E-state index in [4.69, 9.17) is 4.98 Å². The van der Waals surface area contributed by atoms with Gasteiger partial charge in [-0.2, -0.15) is 0 Å². The van der Waals surface area contributed by atoms with Gasteiger partial charge in [-0.1, -0.05) is 55.0 Å². The normalized spacial score (nSPS) is 13.7. The smallest absolute Gasteiger partial charge is 0.223 e. The number of nitrogens with one attached hydrogen (secondary N) is 1. The van der Waals surface area contributed by atoms with Crippen LogP contribution in [0.5, 0.6) is 0 Å². The molecule has 1 saturated carbocycles. The number of nitrogens with zero attached hydrogens (tertiary/aromatic N) is 2. The number of para-hydroxylation sites is 2. The summed E-state index contributed by atoms with van der Waals surface area (Å²) in [5.74, 6) is 1.70. The molecule has 5 rings (SSSR count). The molecule has 0 saturated heterocycles. The SMILES string of the molecule is O=C(NCCCCCc1nc2ccccc2n1Cc1ccc2ccccc2c1)C1CC1. The Balaban J connectivity index is 1.26. The van der Waals surface area contributed by atoms with Gasteiger partial charge in [0.25, 0.3) is 0 Å². The van der Waals surface area contributed by atoms with E-state index >= 15 is 0 Å². The molecule has 4 nitrogen and oxygen atoms in total. The maximum atomic E-state index is 11.7. The average Bonchev–Trinajstić information content (AvgIpc) is 3.60. The highest BCUT2D eigenvalue weighted by molar-refractivity contribution is 5.83. The molecule has 0 spiro atoms. The Hall–Kier alpha value is -3.14. The molecule has 0 radical (unpaired) electrons. The number of aromatic nitrogens is 2. The first-order chi connectivity index (χ1) is 15.3. The summed E-state index contributed by atoms with van der Waals surface area (Å²) in [5.41, 5.74) is 3.56. The first-order valence-corrected chi connectivity index (χ1v) is 11.5. The molecule has 31 heavy (non-hydrogen) atoms. The van der Waals surface area contributed by atoms with Gasteiger partial charge in [-0.15, -0.1) is 0 Å². The third-order valence-electron chi connectivity index (χ3n) is 6.21. The molecule has 1 amide bonds. The van der Waals surface area contributed by atoms with Gasteiger partial charge in [-0.3, -0.25) is 4.79 Å². The summed E-state index contributed by atoms with van der Waals surface area (Å²) < 4.78 is 2.37. The maximum Gasteiger partial charge on any atom is 0.223 e. The lowest BCUT2D eigenvalue weighted by Crippen LogP contribution is -2.25. The number of hydrogen-bond acceptors (Lipinski definition) is 2. The monoisotopic (exact) mass is 411 g/mol. The number of benzene rings is 3. The lowest BCUT2D eigenvalue weighted by Gasteiger charge is -2.11. The van der Waals surface area contributed by atoms with Crippen LogP contribution in [0, 0.1) is 5.92 Å². The number of hydrogen-bond donors (Lipinski definition) is 1. The number of rotatable bonds is 9. The van der Waals surface area contributed by atoms with E-state index in [-0.39, 0.29) is 5.91 Å². The molecule has 0 unspecified atom stereocenters. The quantitative estimate of drug-likeness (QED) is 0.371. The second-order valence-corrected chi connectivity index (χ2v) is 8.66. The molecule has 4 aromatic rings. The largest absolute Gasteiger partial charge is 0.356 e. The molecule has 158 valence electrons. The molecular formula is C27H29N3O. The van der Waals surface area contributed by atoms with Crippen molar-refractivity contribution < 1.29 is 4.79 Å². The van der Waals surface area contributed by atoms with Crippen LogP contribution in [-0.4, -0.2) is 22.0 Å². The average molecular weight is 412 g/mol. The van der Waals surface area contributed by atoms with E-state index in [1.807, 2.05) is 0 Å². The van der Waals surface area contributed by atoms with Crippen molar-refractivity contribution in [1.29, 1.82) is 0 Å². The molecule has 1 aromatic heterocycles. The number of amides is 1. The summed E-state index contributed by atoms with van der Waals surface area (Å²) in [4.78, 5) is 16.7. The third-order valence-corrected chi connectivity index (χ3v) is 6.21. The van der Waals surface area contributed by atoms with Gasteiger partial charge in [0.05, 0.1) is 11.0 Å². The van der Waals surface area contributed by atoms with Crippen LogP contribution in [0.3, 0.4) is 0 Å². The lowest BCUT2D eigenvalue weighted by molar-refractivity contribution is -0.122. The second kappa shape index (κ2) is 8.93. The number of carbonyl (C=O) groups is 1. The predicted octanol–water partition coefficient (Wildman–Crippen LogP) is 5.48. The molecule has 0 atom stereocenters. The molecule has 1 N–H and O–H groups in total. The number of unbranched alkanes of at least 4 members (excludes halogenated alkanes) is 2. The van der Waals surface area contributed by atoms with Crippen LogP contribution in [0.1, 0.15) is 43.5 Å². The van der Waals surface area contributed by atoms with Crippen LogP contribution in [0.4, 0.5) is 0 Å². The van der Waals surface area contributed by atoms with Crippen molar-refractivity contribution in [3.8, 4) is 0 Å². The Morgan fingerprint density at radius 1 is 0.935 bits per heavy atom. The van der Waals surface area contributed by atoms with Crippen LogP contribution < -0.4 is 5.32 Å². The Bertz CT molecular complexity index is 1210. The zero-order chi connectivity index (χ0) is 21.0. The summed E-state index contributed by atoms with van der Waals surface area (Å²) in [6.45, 7) is 1.63. The number of carbonyl (C=O) groups excluding carboxylic acids is 1. The van der Waals surface area contributed by atoms with E-state index in [1.165, 1.54) is 21.9 Å². The molecule has 1 aliphatic rings. The van der Waals surface area contributed by atoms with Crippen molar-refractivity contribution in [3.63, 3.8) is 0 Å². The van der Waals surface area contributed by atoms with E-state index in [0.717, 1.165) is 63.0 Å². The van der Waals surface area contributed by atoms with Crippen molar-refractivity contribution >= 4 is 27.7 Å². The van der Waals surface area contributed by atoms with Crippen molar-refractivity contribution in [1.82, 2.24) is 14.9 Å². The Morgan fingerprint density at radius 3 is 2.61 bits per heavy atom. The van der Waals surface area contributed by atoms with Crippen molar-refractivity contribution in [3.05, 3.63) is 78.1 Å². The standard InChI is InChI=1S/C27H29N3O/c31-27(22-15-16-22)28-17-7-1-2-12-26-29-24-10-5-6-11-25(24)30(26)19-20-13-14-21-8-3-4-9-23(21)18-20/h3-6,8-11,13-14,18,22H,1-2,7,12,15-17,19H2,(H,28,31). The highest BCUT2D eigenvalue weighted by Gasteiger charge is 2.28. The van der Waals surface area contributed by atoms with Gasteiger partial charge in [0.2, 0.25) is 5.91 Å². The first kappa shape index (κ1) is 19.8. The maximum absolute atomic E-state index is 11.7. The minimum Gasteiger partial charge on any atom is -0.356 e. The molecule has 1 heterocycles. The highest BCUT2D eigenvalue weighted by Crippen LogP contribution is 2.28. The van der Waals surface area contributed by atoms with E-state index in [2.05, 4.69) is 76.6 Å². The molecule has 0 aliphatic heterocycles. The van der Waals surface area contributed by atoms with E-state index < -0.39 is 0 Å². The molecular weight excluding hydrogens is 382 g/mol. The number of imidazole rings is 1. The summed E-state index contributed by atoms with van der Waals surface area (Å²) >= 11 is 0. The topological polar surface area (TPSA) is 46.9 Å². The van der Waals surface area contributed by atoms with Gasteiger partial charge in [-0.05, 0) is 60.2 Å². The summed E-state index contributed by atoms with van der Waals surface area (Å²) in [7, 11) is 0. The van der Waals surface area contributed by atoms with Crippen LogP contribution in [0.2, 0.25) is 0 Å². The fourth-order valence-corrected chi connectivity index (χ4v) is 4.30. The molecule has 1 aliphatic carbocycles. The van der Waals surface area contributed by atoms with Crippen LogP contribution in [0.25, 0.3) is 21.8 Å². The van der Waals surface area contributed by atoms with Crippen molar-refractivity contribution in [2.75, 3.05) is 6.54 Å². The van der Waals surface area contributed by atoms with Crippen molar-refractivity contribution in [2.45, 2.75) is 45.1 Å². The van der Waals surface area contributed by atoms with E-state index in [9.17, 15) is 4.79 Å². The highest BCUT2D eigenvalue weighted by atomic mass is 16.2. The van der Waals surface area contributed by atoms with Crippen molar-refractivity contribution in [2.24, 2.45) is 5.92 Å². The van der Waals surface area contributed by atoms with E-state index in [1.54, 1.807) is 0 Å². The number of fused-ring (bicyclic) bond motifs is 2. The predicted molar refractivity (Wildman–Crippen MR) is 126 cm³/mol. The van der Waals surface area contributed by atoms with Gasteiger partial charge in [0.15, 0.2) is 0 Å². The van der Waals surface area contributed by atoms with Crippen LogP contribution >= 0.6 is 0 Å². The molecule has 4 heteroatoms. The van der Waals surface area contributed by atoms with Gasteiger partial charge in [0, 0.05) is 25.4 Å². The fraction of sp³-hybridized carbons (Fsp3) is 0.333. The summed E-state index contributed by atoms with van der Waals surface area (Å²) in [5, 5.41) is 5.61. The minimum atomic E-state index is 0.247. The first-order valence-electron chi connectivity index (χ1n) is 11.5. The molecule has 1 fully saturated rings. The zero-order valence-electron chi connectivity index (χ0n) is 17.9. The number of aryl methyl sites for hydroxylation is 1. The zero-order valence-corrected chi connectivity index (χ0v) is 17.9. The minimum absolute atomic E-state index is 0.247. The van der Waals surface area contributed by atoms with E-state index in [0.29, 0.717) is 5.92 Å². The van der Waals surface area contributed by atoms with Gasteiger partial charge in [-0.25, -0.2) is 4.98 Å². The lowest BCUT2D eigenvalue weighted by atomic mass is 10.1. The Labute approximate surface area is 183 Å². The van der Waals surface area contributed by atoms with Crippen LogP contribution in [0.15, 0.2) is 66.7 Å². The van der Waals surface area contributed by atoms with Gasteiger partial charge in [0.1, 0.15) is 5.82 Å². The third kappa shape index (κ3) is 4.63. The second-order valence-electron chi connectivity index (χ2n) is 8.66. The van der Waals surface area contributed by atoms with Crippen LogP contribution in [-0.2, 0) is 17.8 Å². The van der Waals surface area contributed by atoms with Gasteiger partial charge >= 0.3 is 0 Å². The fourth-order valence-electron chi connectivity index (χ4n) is 4.30.